The smallest absolute Gasteiger partial charge is 0.251 e. The van der Waals surface area contributed by atoms with Gasteiger partial charge in [0.1, 0.15) is 11.3 Å². The number of nitrogens with two attached hydrogens (primary N) is 1. The summed E-state index contributed by atoms with van der Waals surface area (Å²) in [5.74, 6) is -1.20. The molecule has 1 amide bonds. The quantitative estimate of drug-likeness (QED) is 0.788. The Bertz CT molecular complexity index is 974. The molecule has 0 atom stereocenters. The SMILES string of the molecule is NC(=O)c1cc(F)cc2cn(-c3ccc4c(c3)CCN=C4)nc12. The van der Waals surface area contributed by atoms with Crippen LogP contribution in [0.1, 0.15) is 21.5 Å². The number of benzene rings is 2. The van der Waals surface area contributed by atoms with E-state index in [-0.39, 0.29) is 5.56 Å². The molecule has 2 N–H and O–H groups in total. The average molecular weight is 308 g/mol. The van der Waals surface area contributed by atoms with Gasteiger partial charge in [-0.25, -0.2) is 9.07 Å². The summed E-state index contributed by atoms with van der Waals surface area (Å²) in [6, 6.07) is 8.39. The van der Waals surface area contributed by atoms with Crippen molar-refractivity contribution in [1.29, 1.82) is 0 Å². The Balaban J connectivity index is 1.88. The summed E-state index contributed by atoms with van der Waals surface area (Å²) >= 11 is 0. The van der Waals surface area contributed by atoms with Crippen molar-refractivity contribution in [2.75, 3.05) is 6.54 Å². The van der Waals surface area contributed by atoms with Crippen LogP contribution in [0.15, 0.2) is 41.5 Å². The van der Waals surface area contributed by atoms with Crippen LogP contribution < -0.4 is 5.73 Å². The molecule has 0 aliphatic carbocycles. The lowest BCUT2D eigenvalue weighted by atomic mass is 10.0. The van der Waals surface area contributed by atoms with E-state index in [0.29, 0.717) is 10.9 Å². The van der Waals surface area contributed by atoms with E-state index in [9.17, 15) is 9.18 Å². The number of hydrogen-bond donors (Lipinski definition) is 1. The van der Waals surface area contributed by atoms with Crippen LogP contribution >= 0.6 is 0 Å². The predicted molar refractivity (Wildman–Crippen MR) is 85.7 cm³/mol. The molecule has 0 spiro atoms. The topological polar surface area (TPSA) is 73.3 Å². The second-order valence-electron chi connectivity index (χ2n) is 5.50. The van der Waals surface area contributed by atoms with Gasteiger partial charge in [0.15, 0.2) is 0 Å². The number of hydrogen-bond acceptors (Lipinski definition) is 3. The van der Waals surface area contributed by atoms with Crippen LogP contribution in [0.2, 0.25) is 0 Å². The highest BCUT2D eigenvalue weighted by Gasteiger charge is 2.14. The van der Waals surface area contributed by atoms with Crippen molar-refractivity contribution in [1.82, 2.24) is 9.78 Å². The lowest BCUT2D eigenvalue weighted by Gasteiger charge is -2.11. The number of rotatable bonds is 2. The van der Waals surface area contributed by atoms with Gasteiger partial charge in [-0.15, -0.1) is 0 Å². The van der Waals surface area contributed by atoms with E-state index in [4.69, 9.17) is 5.73 Å². The fourth-order valence-corrected chi connectivity index (χ4v) is 2.84. The van der Waals surface area contributed by atoms with Crippen molar-refractivity contribution in [3.8, 4) is 5.69 Å². The zero-order valence-electron chi connectivity index (χ0n) is 12.2. The molecule has 1 aromatic heterocycles. The summed E-state index contributed by atoms with van der Waals surface area (Å²) in [4.78, 5) is 15.8. The molecule has 0 unspecified atom stereocenters. The van der Waals surface area contributed by atoms with Gasteiger partial charge in [-0.05, 0) is 41.8 Å². The monoisotopic (exact) mass is 308 g/mol. The maximum Gasteiger partial charge on any atom is 0.251 e. The van der Waals surface area contributed by atoms with E-state index in [0.717, 1.165) is 30.3 Å². The first-order valence-corrected chi connectivity index (χ1v) is 7.24. The molecule has 4 rings (SSSR count). The van der Waals surface area contributed by atoms with Crippen LogP contribution in [0.4, 0.5) is 4.39 Å². The first-order valence-electron chi connectivity index (χ1n) is 7.24. The molecule has 6 heteroatoms. The number of primary amides is 1. The Labute approximate surface area is 131 Å². The largest absolute Gasteiger partial charge is 0.366 e. The molecule has 23 heavy (non-hydrogen) atoms. The fraction of sp³-hybridized carbons (Fsp3) is 0.118. The highest BCUT2D eigenvalue weighted by molar-refractivity contribution is 6.04. The van der Waals surface area contributed by atoms with Crippen molar-refractivity contribution in [3.05, 3.63) is 59.0 Å². The number of aromatic nitrogens is 2. The Kier molecular flexibility index (Phi) is 2.97. The molecule has 0 saturated heterocycles. The van der Waals surface area contributed by atoms with E-state index in [2.05, 4.69) is 10.1 Å². The number of aliphatic imine (C=N–C) groups is 1. The van der Waals surface area contributed by atoms with E-state index in [1.807, 2.05) is 24.4 Å². The molecule has 0 fully saturated rings. The molecule has 1 aliphatic heterocycles. The minimum atomic E-state index is -0.693. The van der Waals surface area contributed by atoms with Gasteiger partial charge in [-0.1, -0.05) is 6.07 Å². The Morgan fingerprint density at radius 1 is 1.26 bits per heavy atom. The van der Waals surface area contributed by atoms with Gasteiger partial charge >= 0.3 is 0 Å². The number of halogens is 1. The second kappa shape index (κ2) is 5.01. The average Bonchev–Trinajstić information content (AvgIpc) is 2.97. The van der Waals surface area contributed by atoms with Crippen molar-refractivity contribution in [2.24, 2.45) is 10.7 Å². The van der Waals surface area contributed by atoms with E-state index in [1.165, 1.54) is 11.6 Å². The normalized spacial score (nSPS) is 13.3. The minimum absolute atomic E-state index is 0.0869. The summed E-state index contributed by atoms with van der Waals surface area (Å²) in [6.45, 7) is 0.772. The third-order valence-electron chi connectivity index (χ3n) is 3.97. The molecule has 2 heterocycles. The number of carbonyl (C=O) groups excluding carboxylic acids is 1. The van der Waals surface area contributed by atoms with E-state index in [1.54, 1.807) is 10.9 Å². The molecule has 1 aliphatic rings. The molecular formula is C17H13FN4O. The van der Waals surface area contributed by atoms with Crippen LogP contribution in [0.5, 0.6) is 0 Å². The summed E-state index contributed by atoms with van der Waals surface area (Å²) in [7, 11) is 0. The van der Waals surface area contributed by atoms with Crippen molar-refractivity contribution in [3.63, 3.8) is 0 Å². The van der Waals surface area contributed by atoms with Crippen LogP contribution in [0.3, 0.4) is 0 Å². The maximum absolute atomic E-state index is 13.6. The zero-order chi connectivity index (χ0) is 16.0. The molecule has 2 aromatic carbocycles. The third-order valence-corrected chi connectivity index (χ3v) is 3.97. The molecule has 5 nitrogen and oxygen atoms in total. The second-order valence-corrected chi connectivity index (χ2v) is 5.50. The molecule has 3 aromatic rings. The lowest BCUT2D eigenvalue weighted by molar-refractivity contribution is 0.100. The van der Waals surface area contributed by atoms with Crippen molar-refractivity contribution < 1.29 is 9.18 Å². The first-order chi connectivity index (χ1) is 11.1. The number of nitrogens with zero attached hydrogens (tertiary/aromatic N) is 3. The van der Waals surface area contributed by atoms with Crippen molar-refractivity contribution >= 4 is 23.0 Å². The Morgan fingerprint density at radius 3 is 2.96 bits per heavy atom. The first kappa shape index (κ1) is 13.6. The predicted octanol–water partition coefficient (Wildman–Crippen LogP) is 2.24. The molecule has 0 saturated carbocycles. The van der Waals surface area contributed by atoms with Crippen LogP contribution in [-0.2, 0) is 6.42 Å². The third kappa shape index (κ3) is 2.28. The zero-order valence-corrected chi connectivity index (χ0v) is 12.2. The summed E-state index contributed by atoms with van der Waals surface area (Å²) in [5.41, 5.74) is 8.95. The van der Waals surface area contributed by atoms with Gasteiger partial charge in [0.25, 0.3) is 5.91 Å². The number of fused-ring (bicyclic) bond motifs is 2. The summed E-state index contributed by atoms with van der Waals surface area (Å²) in [6.07, 6.45) is 4.44. The van der Waals surface area contributed by atoms with Gasteiger partial charge in [0.2, 0.25) is 0 Å². The number of amides is 1. The molecule has 0 radical (unpaired) electrons. The highest BCUT2D eigenvalue weighted by Crippen LogP contribution is 2.23. The maximum atomic E-state index is 13.6. The van der Waals surface area contributed by atoms with Gasteiger partial charge in [-0.2, -0.15) is 5.10 Å². The molecule has 114 valence electrons. The standard InChI is InChI=1S/C17H13FN4O/c18-13-5-12-9-22(21-16(12)15(7-13)17(19)23)14-2-1-11-8-20-4-3-10(11)6-14/h1-2,5-9H,3-4H2,(H2,19,23). The van der Waals surface area contributed by atoms with Crippen LogP contribution in [0, 0.1) is 5.82 Å². The Morgan fingerprint density at radius 2 is 2.13 bits per heavy atom. The van der Waals surface area contributed by atoms with Gasteiger partial charge in [-0.3, -0.25) is 9.79 Å². The van der Waals surface area contributed by atoms with Crippen LogP contribution in [-0.4, -0.2) is 28.4 Å². The van der Waals surface area contributed by atoms with Gasteiger partial charge in [0.05, 0.1) is 11.3 Å². The number of carbonyl (C=O) groups is 1. The van der Waals surface area contributed by atoms with Crippen molar-refractivity contribution in [2.45, 2.75) is 6.42 Å². The van der Waals surface area contributed by atoms with E-state index >= 15 is 0 Å². The minimum Gasteiger partial charge on any atom is -0.366 e. The van der Waals surface area contributed by atoms with Gasteiger partial charge < -0.3 is 5.73 Å². The van der Waals surface area contributed by atoms with E-state index < -0.39 is 11.7 Å². The molecule has 0 bridgehead atoms. The highest BCUT2D eigenvalue weighted by atomic mass is 19.1. The summed E-state index contributed by atoms with van der Waals surface area (Å²) in [5, 5.41) is 4.95. The molecular weight excluding hydrogens is 295 g/mol. The van der Waals surface area contributed by atoms with Gasteiger partial charge in [0, 0.05) is 24.3 Å². The van der Waals surface area contributed by atoms with Crippen LogP contribution in [0.25, 0.3) is 16.6 Å². The lowest BCUT2D eigenvalue weighted by Crippen LogP contribution is -2.12. The summed E-state index contributed by atoms with van der Waals surface area (Å²) < 4.78 is 15.3. The fourth-order valence-electron chi connectivity index (χ4n) is 2.84. The Hall–Kier alpha value is -3.02.